The molecule has 2 aliphatic carbocycles. The van der Waals surface area contributed by atoms with Crippen LogP contribution in [0, 0.1) is 0 Å². The fourth-order valence-corrected chi connectivity index (χ4v) is 4.06. The second-order valence-corrected chi connectivity index (χ2v) is 7.67. The van der Waals surface area contributed by atoms with Crippen LogP contribution in [0.4, 0.5) is 4.79 Å². The molecule has 0 saturated heterocycles. The zero-order valence-corrected chi connectivity index (χ0v) is 16.1. The van der Waals surface area contributed by atoms with E-state index >= 15 is 0 Å². The molecule has 1 saturated carbocycles. The van der Waals surface area contributed by atoms with Crippen LogP contribution in [0.5, 0.6) is 0 Å². The van der Waals surface area contributed by atoms with Crippen LogP contribution in [0.15, 0.2) is 54.7 Å². The number of carbonyl (C=O) groups excluding carboxylic acids is 1. The molecule has 1 fully saturated rings. The normalized spacial score (nSPS) is 15.9. The minimum absolute atomic E-state index is 0.00526. The summed E-state index contributed by atoms with van der Waals surface area (Å²) in [5, 5.41) is 19.8. The van der Waals surface area contributed by atoms with Crippen molar-refractivity contribution in [3.8, 4) is 11.1 Å². The summed E-state index contributed by atoms with van der Waals surface area (Å²) in [6.07, 6.45) is 2.08. The SMILES string of the molecule is O=C(NCc1cn(C2(C(=O)O)CC2)nn1)OCC1c2ccccc2-c2ccccc21. The van der Waals surface area contributed by atoms with E-state index in [9.17, 15) is 14.7 Å². The fraction of sp³-hybridized carbons (Fsp3) is 0.273. The maximum absolute atomic E-state index is 12.2. The number of benzene rings is 2. The van der Waals surface area contributed by atoms with Gasteiger partial charge in [-0.25, -0.2) is 14.3 Å². The molecule has 30 heavy (non-hydrogen) atoms. The molecule has 8 heteroatoms. The molecular weight excluding hydrogens is 384 g/mol. The predicted octanol–water partition coefficient (Wildman–Crippen LogP) is 2.89. The number of ether oxygens (including phenoxy) is 1. The van der Waals surface area contributed by atoms with Gasteiger partial charge in [0.25, 0.3) is 0 Å². The van der Waals surface area contributed by atoms with Gasteiger partial charge in [0, 0.05) is 5.92 Å². The van der Waals surface area contributed by atoms with Crippen LogP contribution in [0.3, 0.4) is 0 Å². The molecule has 2 aromatic carbocycles. The van der Waals surface area contributed by atoms with E-state index in [0.29, 0.717) is 18.5 Å². The molecule has 8 nitrogen and oxygen atoms in total. The summed E-state index contributed by atoms with van der Waals surface area (Å²) in [5.74, 6) is -0.919. The first kappa shape index (κ1) is 18.4. The first-order valence-electron chi connectivity index (χ1n) is 9.82. The van der Waals surface area contributed by atoms with Crippen LogP contribution < -0.4 is 5.32 Å². The van der Waals surface area contributed by atoms with Gasteiger partial charge in [0.1, 0.15) is 12.3 Å². The smallest absolute Gasteiger partial charge is 0.407 e. The monoisotopic (exact) mass is 404 g/mol. The lowest BCUT2D eigenvalue weighted by molar-refractivity contribution is -0.142. The Bertz CT molecular complexity index is 1090. The summed E-state index contributed by atoms with van der Waals surface area (Å²) in [4.78, 5) is 23.6. The van der Waals surface area contributed by atoms with Gasteiger partial charge >= 0.3 is 12.1 Å². The number of hydrogen-bond acceptors (Lipinski definition) is 5. The molecule has 0 spiro atoms. The largest absolute Gasteiger partial charge is 0.479 e. The summed E-state index contributed by atoms with van der Waals surface area (Å²) in [5.41, 5.74) is 4.15. The van der Waals surface area contributed by atoms with E-state index in [2.05, 4.69) is 39.9 Å². The van der Waals surface area contributed by atoms with Gasteiger partial charge in [-0.2, -0.15) is 0 Å². The Labute approximate surface area is 172 Å². The van der Waals surface area contributed by atoms with Gasteiger partial charge in [0.15, 0.2) is 5.54 Å². The molecule has 0 atom stereocenters. The fourth-order valence-electron chi connectivity index (χ4n) is 4.06. The van der Waals surface area contributed by atoms with E-state index in [1.807, 2.05) is 24.3 Å². The van der Waals surface area contributed by atoms with Crippen molar-refractivity contribution in [1.82, 2.24) is 20.3 Å². The van der Waals surface area contributed by atoms with Crippen LogP contribution in [0.25, 0.3) is 11.1 Å². The molecular formula is C22H20N4O4. The molecule has 5 rings (SSSR count). The summed E-state index contributed by atoms with van der Waals surface area (Å²) in [6.45, 7) is 0.348. The lowest BCUT2D eigenvalue weighted by Gasteiger charge is -2.14. The van der Waals surface area contributed by atoms with Gasteiger partial charge < -0.3 is 15.2 Å². The van der Waals surface area contributed by atoms with Crippen molar-refractivity contribution >= 4 is 12.1 Å². The number of rotatable bonds is 6. The zero-order chi connectivity index (χ0) is 20.7. The number of aromatic nitrogens is 3. The van der Waals surface area contributed by atoms with Crippen molar-refractivity contribution in [2.24, 2.45) is 0 Å². The van der Waals surface area contributed by atoms with Gasteiger partial charge in [0.2, 0.25) is 0 Å². The second kappa shape index (κ2) is 6.98. The number of hydrogen-bond donors (Lipinski definition) is 2. The number of carboxylic acids is 1. The third kappa shape index (κ3) is 3.01. The van der Waals surface area contributed by atoms with Crippen LogP contribution in [-0.2, 0) is 21.6 Å². The Morgan fingerprint density at radius 3 is 2.33 bits per heavy atom. The molecule has 2 N–H and O–H groups in total. The highest BCUT2D eigenvalue weighted by Gasteiger charge is 2.53. The van der Waals surface area contributed by atoms with Gasteiger partial charge in [-0.05, 0) is 35.1 Å². The maximum Gasteiger partial charge on any atom is 0.407 e. The Hall–Kier alpha value is -3.68. The summed E-state index contributed by atoms with van der Waals surface area (Å²) >= 11 is 0. The van der Waals surface area contributed by atoms with Gasteiger partial charge in [0.05, 0.1) is 12.7 Å². The Kier molecular flexibility index (Phi) is 4.27. The number of carboxylic acid groups (broad SMARTS) is 1. The van der Waals surface area contributed by atoms with E-state index in [4.69, 9.17) is 4.74 Å². The number of amides is 1. The highest BCUT2D eigenvalue weighted by atomic mass is 16.5. The highest BCUT2D eigenvalue weighted by molar-refractivity contribution is 5.80. The molecule has 2 aliphatic rings. The average Bonchev–Trinajstić information content (AvgIpc) is 3.34. The van der Waals surface area contributed by atoms with E-state index in [-0.39, 0.29) is 19.1 Å². The van der Waals surface area contributed by atoms with Gasteiger partial charge in [-0.3, -0.25) is 0 Å². The van der Waals surface area contributed by atoms with Crippen LogP contribution in [0.2, 0.25) is 0 Å². The van der Waals surface area contributed by atoms with E-state index in [1.54, 1.807) is 6.20 Å². The molecule has 0 bridgehead atoms. The molecule has 3 aromatic rings. The average molecular weight is 404 g/mol. The van der Waals surface area contributed by atoms with E-state index in [1.165, 1.54) is 15.8 Å². The Balaban J connectivity index is 1.21. The van der Waals surface area contributed by atoms with Crippen molar-refractivity contribution in [3.63, 3.8) is 0 Å². The maximum atomic E-state index is 12.2. The van der Waals surface area contributed by atoms with E-state index < -0.39 is 17.6 Å². The van der Waals surface area contributed by atoms with Crippen molar-refractivity contribution < 1.29 is 19.4 Å². The topological polar surface area (TPSA) is 106 Å². The van der Waals surface area contributed by atoms with Crippen LogP contribution in [0.1, 0.15) is 35.6 Å². The number of nitrogens with zero attached hydrogens (tertiary/aromatic N) is 3. The van der Waals surface area contributed by atoms with Crippen molar-refractivity contribution in [1.29, 1.82) is 0 Å². The minimum Gasteiger partial charge on any atom is -0.479 e. The number of nitrogens with one attached hydrogen (secondary N) is 1. The Morgan fingerprint density at radius 1 is 1.10 bits per heavy atom. The number of carbonyl (C=O) groups is 2. The first-order valence-corrected chi connectivity index (χ1v) is 9.82. The number of aliphatic carboxylic acids is 1. The second-order valence-electron chi connectivity index (χ2n) is 7.67. The predicted molar refractivity (Wildman–Crippen MR) is 107 cm³/mol. The molecule has 0 radical (unpaired) electrons. The van der Waals surface area contributed by atoms with Gasteiger partial charge in [-0.15, -0.1) is 5.10 Å². The van der Waals surface area contributed by atoms with Crippen LogP contribution in [-0.4, -0.2) is 38.8 Å². The number of fused-ring (bicyclic) bond motifs is 3. The summed E-state index contributed by atoms with van der Waals surface area (Å²) in [7, 11) is 0. The molecule has 152 valence electrons. The molecule has 1 aromatic heterocycles. The third-order valence-corrected chi connectivity index (χ3v) is 5.86. The molecule has 0 unspecified atom stereocenters. The minimum atomic E-state index is -0.977. The molecule has 1 heterocycles. The molecule has 0 aliphatic heterocycles. The lowest BCUT2D eigenvalue weighted by Crippen LogP contribution is -2.28. The van der Waals surface area contributed by atoms with Crippen molar-refractivity contribution in [2.75, 3.05) is 6.61 Å². The number of alkyl carbamates (subject to hydrolysis) is 1. The summed E-state index contributed by atoms with van der Waals surface area (Å²) in [6, 6.07) is 16.3. The zero-order valence-electron chi connectivity index (χ0n) is 16.1. The molecule has 1 amide bonds. The van der Waals surface area contributed by atoms with Crippen molar-refractivity contribution in [2.45, 2.75) is 30.8 Å². The lowest BCUT2D eigenvalue weighted by atomic mass is 9.98. The Morgan fingerprint density at radius 2 is 1.73 bits per heavy atom. The first-order chi connectivity index (χ1) is 14.6. The standard InChI is InChI=1S/C22H20N4O4/c27-20(28)22(9-10-22)26-12-14(24-25-26)11-23-21(29)30-13-19-17-7-3-1-5-15(17)16-6-2-4-8-18(16)19/h1-8,12,19H,9-11,13H2,(H,23,29)(H,27,28). The highest BCUT2D eigenvalue weighted by Crippen LogP contribution is 2.44. The van der Waals surface area contributed by atoms with Gasteiger partial charge in [-0.1, -0.05) is 53.7 Å². The van der Waals surface area contributed by atoms with E-state index in [0.717, 1.165) is 11.1 Å². The third-order valence-electron chi connectivity index (χ3n) is 5.86. The van der Waals surface area contributed by atoms with Crippen molar-refractivity contribution in [3.05, 3.63) is 71.5 Å². The summed E-state index contributed by atoms with van der Waals surface area (Å²) < 4.78 is 6.85. The quantitative estimate of drug-likeness (QED) is 0.654. The van der Waals surface area contributed by atoms with Crippen LogP contribution >= 0.6 is 0 Å².